The summed E-state index contributed by atoms with van der Waals surface area (Å²) in [6.07, 6.45) is 3.44. The predicted octanol–water partition coefficient (Wildman–Crippen LogP) is 4.61. The average Bonchev–Trinajstić information content (AvgIpc) is 2.83. The maximum atomic E-state index is 12.7. The van der Waals surface area contributed by atoms with Crippen LogP contribution in [0.3, 0.4) is 0 Å². The Morgan fingerprint density at radius 2 is 1.76 bits per heavy atom. The van der Waals surface area contributed by atoms with E-state index in [2.05, 4.69) is 38.4 Å². The van der Waals surface area contributed by atoms with Gasteiger partial charge in [0.15, 0.2) is 12.4 Å². The highest BCUT2D eigenvalue weighted by Crippen LogP contribution is 2.26. The third-order valence-electron chi connectivity index (χ3n) is 5.40. The molecule has 0 radical (unpaired) electrons. The van der Waals surface area contributed by atoms with Gasteiger partial charge >= 0.3 is 0 Å². The maximum Gasteiger partial charge on any atom is 0.258 e. The number of benzene rings is 3. The van der Waals surface area contributed by atoms with Crippen molar-refractivity contribution in [3.05, 3.63) is 90.3 Å². The third-order valence-corrected chi connectivity index (χ3v) is 5.40. The molecule has 1 N–H and O–H groups in total. The quantitative estimate of drug-likeness (QED) is 0.433. The van der Waals surface area contributed by atoms with E-state index in [1.165, 1.54) is 0 Å². The molecule has 1 amide bonds. The number of aromatic nitrogens is 2. The normalized spacial score (nSPS) is 12.0. The van der Waals surface area contributed by atoms with Crippen molar-refractivity contribution in [2.24, 2.45) is 0 Å². The predicted molar refractivity (Wildman–Crippen MR) is 131 cm³/mol. The van der Waals surface area contributed by atoms with Crippen LogP contribution in [0.25, 0.3) is 22.2 Å². The van der Waals surface area contributed by atoms with Crippen molar-refractivity contribution in [3.63, 3.8) is 0 Å². The van der Waals surface area contributed by atoms with Gasteiger partial charge in [-0.05, 0) is 61.6 Å². The summed E-state index contributed by atoms with van der Waals surface area (Å²) in [5, 5.41) is 5.36. The Labute approximate surface area is 194 Å². The molecular weight excluding hydrogens is 412 g/mol. The van der Waals surface area contributed by atoms with Crippen molar-refractivity contribution in [3.8, 4) is 17.1 Å². The summed E-state index contributed by atoms with van der Waals surface area (Å²) in [5.41, 5.74) is 2.97. The molecule has 0 saturated heterocycles. The average molecular weight is 441 g/mol. The Balaban J connectivity index is 1.46. The summed E-state index contributed by atoms with van der Waals surface area (Å²) in [6.45, 7) is 2.60. The van der Waals surface area contributed by atoms with Crippen LogP contribution in [-0.2, 0) is 11.3 Å². The minimum Gasteiger partial charge on any atom is -0.483 e. The monoisotopic (exact) mass is 440 g/mol. The van der Waals surface area contributed by atoms with Crippen LogP contribution in [-0.4, -0.2) is 41.5 Å². The van der Waals surface area contributed by atoms with Crippen LogP contribution in [0.4, 0.5) is 0 Å². The molecule has 3 aromatic carbocycles. The van der Waals surface area contributed by atoms with Gasteiger partial charge in [-0.25, -0.2) is 9.97 Å². The fraction of sp³-hybridized carbons (Fsp3) is 0.222. The van der Waals surface area contributed by atoms with Crippen LogP contribution >= 0.6 is 0 Å². The van der Waals surface area contributed by atoms with Crippen molar-refractivity contribution in [1.29, 1.82) is 0 Å². The van der Waals surface area contributed by atoms with E-state index in [0.29, 0.717) is 18.1 Å². The second kappa shape index (κ2) is 10.2. The van der Waals surface area contributed by atoms with Crippen molar-refractivity contribution >= 4 is 16.7 Å². The second-order valence-corrected chi connectivity index (χ2v) is 8.28. The van der Waals surface area contributed by atoms with Gasteiger partial charge in [0, 0.05) is 30.1 Å². The molecule has 0 aliphatic rings. The number of fused-ring (bicyclic) bond motifs is 1. The Morgan fingerprint density at radius 3 is 2.55 bits per heavy atom. The van der Waals surface area contributed by atoms with Crippen LogP contribution < -0.4 is 10.1 Å². The minimum atomic E-state index is -0.165. The molecule has 0 bridgehead atoms. The highest BCUT2D eigenvalue weighted by Gasteiger charge is 2.15. The molecule has 1 atom stereocenters. The Kier molecular flexibility index (Phi) is 6.95. The van der Waals surface area contributed by atoms with E-state index in [1.807, 2.05) is 63.5 Å². The van der Waals surface area contributed by atoms with Gasteiger partial charge in [0.1, 0.15) is 5.75 Å². The molecule has 1 aromatic heterocycles. The number of amides is 1. The van der Waals surface area contributed by atoms with E-state index < -0.39 is 0 Å². The van der Waals surface area contributed by atoms with Crippen molar-refractivity contribution in [2.75, 3.05) is 20.7 Å². The van der Waals surface area contributed by atoms with Crippen LogP contribution in [0.5, 0.6) is 5.75 Å². The zero-order valence-electron chi connectivity index (χ0n) is 19.2. The van der Waals surface area contributed by atoms with Gasteiger partial charge in [-0.15, -0.1) is 0 Å². The first kappa shape index (κ1) is 22.4. The molecule has 33 heavy (non-hydrogen) atoms. The summed E-state index contributed by atoms with van der Waals surface area (Å²) >= 11 is 0. The van der Waals surface area contributed by atoms with Crippen LogP contribution in [0.1, 0.15) is 24.1 Å². The molecule has 4 rings (SSSR count). The van der Waals surface area contributed by atoms with Crippen molar-refractivity contribution < 1.29 is 9.53 Å². The molecule has 0 aliphatic heterocycles. The fourth-order valence-electron chi connectivity index (χ4n) is 3.90. The Morgan fingerprint density at radius 1 is 1.00 bits per heavy atom. The standard InChI is InChI=1S/C27H28N4O2/c1-19(23-11-6-9-20-8-4-5-10-24(20)23)30-26(32)18-33-25-13-12-21(16-22(25)17-31(2)3)27-28-14-7-15-29-27/h4-16,19H,17-18H2,1-3H3,(H,30,32). The number of hydrogen-bond donors (Lipinski definition) is 1. The molecule has 0 fully saturated rings. The van der Waals surface area contributed by atoms with Crippen molar-refractivity contribution in [2.45, 2.75) is 19.5 Å². The molecule has 0 saturated carbocycles. The van der Waals surface area contributed by atoms with Crippen LogP contribution in [0, 0.1) is 0 Å². The van der Waals surface area contributed by atoms with E-state index in [-0.39, 0.29) is 18.6 Å². The third kappa shape index (κ3) is 5.54. The highest BCUT2D eigenvalue weighted by molar-refractivity contribution is 5.87. The summed E-state index contributed by atoms with van der Waals surface area (Å²) < 4.78 is 5.94. The highest BCUT2D eigenvalue weighted by atomic mass is 16.5. The lowest BCUT2D eigenvalue weighted by Crippen LogP contribution is -2.31. The molecule has 168 valence electrons. The summed E-state index contributed by atoms with van der Waals surface area (Å²) in [4.78, 5) is 23.4. The van der Waals surface area contributed by atoms with E-state index in [4.69, 9.17) is 4.74 Å². The van der Waals surface area contributed by atoms with Crippen LogP contribution in [0.15, 0.2) is 79.1 Å². The van der Waals surface area contributed by atoms with E-state index in [1.54, 1.807) is 18.5 Å². The van der Waals surface area contributed by atoms with Crippen molar-refractivity contribution in [1.82, 2.24) is 20.2 Å². The molecule has 1 unspecified atom stereocenters. The van der Waals surface area contributed by atoms with Gasteiger partial charge in [-0.2, -0.15) is 0 Å². The van der Waals surface area contributed by atoms with Gasteiger partial charge in [0.2, 0.25) is 0 Å². The second-order valence-electron chi connectivity index (χ2n) is 8.28. The Bertz CT molecular complexity index is 1240. The number of carbonyl (C=O) groups excluding carboxylic acids is 1. The number of nitrogens with one attached hydrogen (secondary N) is 1. The molecule has 0 spiro atoms. The van der Waals surface area contributed by atoms with E-state index in [9.17, 15) is 4.79 Å². The van der Waals surface area contributed by atoms with E-state index in [0.717, 1.165) is 27.5 Å². The first-order valence-electron chi connectivity index (χ1n) is 11.0. The lowest BCUT2D eigenvalue weighted by molar-refractivity contribution is -0.123. The molecular formula is C27H28N4O2. The fourth-order valence-corrected chi connectivity index (χ4v) is 3.90. The first-order chi connectivity index (χ1) is 16.0. The van der Waals surface area contributed by atoms with Gasteiger partial charge in [0.25, 0.3) is 5.91 Å². The zero-order valence-corrected chi connectivity index (χ0v) is 19.2. The largest absolute Gasteiger partial charge is 0.483 e. The molecule has 4 aromatic rings. The van der Waals surface area contributed by atoms with Gasteiger partial charge in [-0.3, -0.25) is 4.79 Å². The van der Waals surface area contributed by atoms with E-state index >= 15 is 0 Å². The van der Waals surface area contributed by atoms with Gasteiger partial charge in [-0.1, -0.05) is 42.5 Å². The number of rotatable bonds is 8. The van der Waals surface area contributed by atoms with Gasteiger partial charge in [0.05, 0.1) is 6.04 Å². The molecule has 6 heteroatoms. The van der Waals surface area contributed by atoms with Gasteiger partial charge < -0.3 is 15.0 Å². The lowest BCUT2D eigenvalue weighted by Gasteiger charge is -2.18. The topological polar surface area (TPSA) is 67.3 Å². The molecule has 0 aliphatic carbocycles. The maximum absolute atomic E-state index is 12.7. The number of hydrogen-bond acceptors (Lipinski definition) is 5. The number of carbonyl (C=O) groups is 1. The minimum absolute atomic E-state index is 0.0588. The smallest absolute Gasteiger partial charge is 0.258 e. The van der Waals surface area contributed by atoms with Crippen LogP contribution in [0.2, 0.25) is 0 Å². The number of ether oxygens (including phenoxy) is 1. The summed E-state index contributed by atoms with van der Waals surface area (Å²) in [7, 11) is 3.99. The first-order valence-corrected chi connectivity index (χ1v) is 11.0. The molecule has 1 heterocycles. The SMILES string of the molecule is CC(NC(=O)COc1ccc(-c2ncccn2)cc1CN(C)C)c1cccc2ccccc12. The molecule has 6 nitrogen and oxygen atoms in total. The summed E-state index contributed by atoms with van der Waals surface area (Å²) in [6, 6.07) is 21.8. The Hall–Kier alpha value is -3.77. The zero-order chi connectivity index (χ0) is 23.2. The lowest BCUT2D eigenvalue weighted by atomic mass is 10.00. The number of nitrogens with zero attached hydrogens (tertiary/aromatic N) is 3. The summed E-state index contributed by atoms with van der Waals surface area (Å²) in [5.74, 6) is 1.17.